The molecule has 0 unspecified atom stereocenters. The van der Waals surface area contributed by atoms with Gasteiger partial charge in [0.15, 0.2) is 5.79 Å². The van der Waals surface area contributed by atoms with E-state index in [-0.39, 0.29) is 5.79 Å². The van der Waals surface area contributed by atoms with E-state index >= 15 is 0 Å². The predicted octanol–water partition coefficient (Wildman–Crippen LogP) is 5.31. The topological polar surface area (TPSA) is 18.5 Å². The van der Waals surface area contributed by atoms with Crippen molar-refractivity contribution in [2.24, 2.45) is 5.92 Å². The molecule has 0 aromatic heterocycles. The van der Waals surface area contributed by atoms with Crippen LogP contribution in [0.15, 0.2) is 0 Å². The van der Waals surface area contributed by atoms with E-state index in [0.717, 1.165) is 6.42 Å². The Balaban J connectivity index is 2.22. The molecule has 0 N–H and O–H groups in total. The lowest BCUT2D eigenvalue weighted by Gasteiger charge is -2.36. The average Bonchev–Trinajstić information content (AvgIpc) is 2.97. The molecule has 1 aliphatic rings. The number of hydrogen-bond acceptors (Lipinski definition) is 2. The van der Waals surface area contributed by atoms with Gasteiger partial charge < -0.3 is 9.47 Å². The summed E-state index contributed by atoms with van der Waals surface area (Å²) in [6.45, 7) is 2.27. The van der Waals surface area contributed by atoms with Crippen LogP contribution >= 0.6 is 0 Å². The molecule has 0 atom stereocenters. The van der Waals surface area contributed by atoms with Crippen molar-refractivity contribution in [1.29, 1.82) is 0 Å². The van der Waals surface area contributed by atoms with Gasteiger partial charge in [-0.05, 0) is 19.3 Å². The minimum Gasteiger partial charge on any atom is -0.353 e. The van der Waals surface area contributed by atoms with Gasteiger partial charge in [-0.15, -0.1) is 0 Å². The van der Waals surface area contributed by atoms with E-state index < -0.39 is 0 Å². The summed E-state index contributed by atoms with van der Waals surface area (Å²) in [5, 5.41) is 0. The molecule has 1 aliphatic carbocycles. The molecule has 0 saturated heterocycles. The lowest BCUT2D eigenvalue weighted by molar-refractivity contribution is -0.243. The molecule has 19 heavy (non-hydrogen) atoms. The van der Waals surface area contributed by atoms with Gasteiger partial charge in [0.2, 0.25) is 0 Å². The van der Waals surface area contributed by atoms with Crippen LogP contribution in [0.3, 0.4) is 0 Å². The van der Waals surface area contributed by atoms with Crippen molar-refractivity contribution in [2.45, 2.75) is 89.8 Å². The molecule has 114 valence electrons. The highest BCUT2D eigenvalue weighted by molar-refractivity contribution is 4.83. The van der Waals surface area contributed by atoms with Gasteiger partial charge in [-0.3, -0.25) is 0 Å². The first-order valence-electron chi connectivity index (χ1n) is 8.39. The molecule has 1 saturated carbocycles. The lowest BCUT2D eigenvalue weighted by Crippen LogP contribution is -2.41. The SMILES string of the molecule is CCCCCCCCCC(OC)(OC)C1CCCC1. The molecular formula is C17H34O2. The van der Waals surface area contributed by atoms with Gasteiger partial charge in [0.05, 0.1) is 0 Å². The van der Waals surface area contributed by atoms with E-state index in [2.05, 4.69) is 6.92 Å². The number of unbranched alkanes of at least 4 members (excludes halogenated alkanes) is 6. The smallest absolute Gasteiger partial charge is 0.170 e. The van der Waals surface area contributed by atoms with Crippen LogP contribution in [0.4, 0.5) is 0 Å². The zero-order chi connectivity index (χ0) is 14.0. The third-order valence-corrected chi connectivity index (χ3v) is 4.80. The van der Waals surface area contributed by atoms with Crippen molar-refractivity contribution in [3.05, 3.63) is 0 Å². The zero-order valence-corrected chi connectivity index (χ0v) is 13.4. The fourth-order valence-electron chi connectivity index (χ4n) is 3.52. The maximum Gasteiger partial charge on any atom is 0.170 e. The van der Waals surface area contributed by atoms with Crippen LogP contribution < -0.4 is 0 Å². The third-order valence-electron chi connectivity index (χ3n) is 4.80. The zero-order valence-electron chi connectivity index (χ0n) is 13.4. The fourth-order valence-corrected chi connectivity index (χ4v) is 3.52. The summed E-state index contributed by atoms with van der Waals surface area (Å²) >= 11 is 0. The van der Waals surface area contributed by atoms with Crippen molar-refractivity contribution in [1.82, 2.24) is 0 Å². The summed E-state index contributed by atoms with van der Waals surface area (Å²) in [7, 11) is 3.64. The van der Waals surface area contributed by atoms with Gasteiger partial charge in [0.1, 0.15) is 0 Å². The monoisotopic (exact) mass is 270 g/mol. The van der Waals surface area contributed by atoms with Crippen molar-refractivity contribution in [2.75, 3.05) is 14.2 Å². The number of methoxy groups -OCH3 is 2. The molecule has 0 aromatic rings. The Bertz CT molecular complexity index is 205. The highest BCUT2D eigenvalue weighted by Gasteiger charge is 2.39. The molecule has 0 radical (unpaired) electrons. The summed E-state index contributed by atoms with van der Waals surface area (Å²) in [6, 6.07) is 0. The van der Waals surface area contributed by atoms with E-state index in [0.29, 0.717) is 5.92 Å². The second-order valence-electron chi connectivity index (χ2n) is 6.07. The molecular weight excluding hydrogens is 236 g/mol. The Morgan fingerprint density at radius 2 is 1.37 bits per heavy atom. The molecule has 2 heteroatoms. The second-order valence-corrected chi connectivity index (χ2v) is 6.07. The molecule has 0 bridgehead atoms. The largest absolute Gasteiger partial charge is 0.353 e. The van der Waals surface area contributed by atoms with Crippen molar-refractivity contribution >= 4 is 0 Å². The van der Waals surface area contributed by atoms with Gasteiger partial charge in [0, 0.05) is 26.6 Å². The minimum absolute atomic E-state index is 0.292. The van der Waals surface area contributed by atoms with Crippen molar-refractivity contribution in [3.63, 3.8) is 0 Å². The Labute approximate surface area is 120 Å². The Morgan fingerprint density at radius 3 is 1.89 bits per heavy atom. The quantitative estimate of drug-likeness (QED) is 0.374. The predicted molar refractivity (Wildman–Crippen MR) is 81.3 cm³/mol. The van der Waals surface area contributed by atoms with Gasteiger partial charge in [-0.2, -0.15) is 0 Å². The van der Waals surface area contributed by atoms with Gasteiger partial charge in [0.25, 0.3) is 0 Å². The van der Waals surface area contributed by atoms with Crippen LogP contribution in [0.25, 0.3) is 0 Å². The summed E-state index contributed by atoms with van der Waals surface area (Å²) < 4.78 is 11.6. The van der Waals surface area contributed by atoms with Crippen LogP contribution in [-0.4, -0.2) is 20.0 Å². The van der Waals surface area contributed by atoms with Crippen LogP contribution in [-0.2, 0) is 9.47 Å². The molecule has 1 fully saturated rings. The Kier molecular flexibility index (Phi) is 8.72. The summed E-state index contributed by atoms with van der Waals surface area (Å²) in [5.41, 5.74) is 0. The maximum atomic E-state index is 5.79. The second kappa shape index (κ2) is 9.77. The lowest BCUT2D eigenvalue weighted by atomic mass is 9.91. The van der Waals surface area contributed by atoms with Crippen LogP contribution in [0.5, 0.6) is 0 Å². The maximum absolute atomic E-state index is 5.79. The number of rotatable bonds is 11. The molecule has 0 aromatic carbocycles. The summed E-state index contributed by atoms with van der Waals surface area (Å²) in [6.07, 6.45) is 15.8. The standard InChI is InChI=1S/C17H34O2/c1-4-5-6-7-8-9-12-15-17(18-2,19-3)16-13-10-11-14-16/h16H,4-15H2,1-3H3. The van der Waals surface area contributed by atoms with E-state index in [1.165, 1.54) is 70.6 Å². The molecule has 1 rings (SSSR count). The first-order valence-corrected chi connectivity index (χ1v) is 8.39. The van der Waals surface area contributed by atoms with Gasteiger partial charge in [-0.25, -0.2) is 0 Å². The first-order chi connectivity index (χ1) is 9.29. The normalized spacial score (nSPS) is 17.2. The molecule has 0 aliphatic heterocycles. The van der Waals surface area contributed by atoms with E-state index in [4.69, 9.17) is 9.47 Å². The number of ether oxygens (including phenoxy) is 2. The van der Waals surface area contributed by atoms with Gasteiger partial charge in [-0.1, -0.05) is 58.3 Å². The third kappa shape index (κ3) is 5.43. The average molecular weight is 270 g/mol. The molecule has 0 spiro atoms. The van der Waals surface area contributed by atoms with Crippen LogP contribution in [0.2, 0.25) is 0 Å². The summed E-state index contributed by atoms with van der Waals surface area (Å²) in [4.78, 5) is 0. The Hall–Kier alpha value is -0.0800. The first kappa shape index (κ1) is 17.0. The number of hydrogen-bond donors (Lipinski definition) is 0. The van der Waals surface area contributed by atoms with E-state index in [9.17, 15) is 0 Å². The van der Waals surface area contributed by atoms with E-state index in [1.54, 1.807) is 0 Å². The van der Waals surface area contributed by atoms with E-state index in [1.807, 2.05) is 14.2 Å². The highest BCUT2D eigenvalue weighted by atomic mass is 16.7. The van der Waals surface area contributed by atoms with Gasteiger partial charge >= 0.3 is 0 Å². The Morgan fingerprint density at radius 1 is 0.842 bits per heavy atom. The van der Waals surface area contributed by atoms with Crippen LogP contribution in [0, 0.1) is 5.92 Å². The highest BCUT2D eigenvalue weighted by Crippen LogP contribution is 2.39. The summed E-state index contributed by atoms with van der Waals surface area (Å²) in [5.74, 6) is 0.322. The van der Waals surface area contributed by atoms with Crippen molar-refractivity contribution in [3.8, 4) is 0 Å². The molecule has 2 nitrogen and oxygen atoms in total. The fraction of sp³-hybridized carbons (Fsp3) is 1.00. The molecule has 0 amide bonds. The minimum atomic E-state index is -0.292. The van der Waals surface area contributed by atoms with Crippen LogP contribution in [0.1, 0.15) is 84.0 Å². The van der Waals surface area contributed by atoms with Crippen molar-refractivity contribution < 1.29 is 9.47 Å². The molecule has 0 heterocycles.